The van der Waals surface area contributed by atoms with Gasteiger partial charge in [0.2, 0.25) is 29.9 Å². The van der Waals surface area contributed by atoms with E-state index in [0.29, 0.717) is 174 Å². The van der Waals surface area contributed by atoms with E-state index in [1.54, 1.807) is 33.1 Å². The zero-order valence-corrected chi connectivity index (χ0v) is 63.4. The number of ether oxygens (including phenoxy) is 16. The molecular weight excluding hydrogens is 1470 g/mol. The number of amides is 7. The summed E-state index contributed by atoms with van der Waals surface area (Å²) in [5.74, 6) is -5.06. The van der Waals surface area contributed by atoms with Crippen molar-refractivity contribution < 1.29 is 140 Å². The number of para-hydroxylation sites is 1. The number of carbonyl (C=O) groups is 8. The lowest BCUT2D eigenvalue weighted by atomic mass is 9.99. The molecule has 0 radical (unpaired) electrons. The fourth-order valence-corrected chi connectivity index (χ4v) is 10.7. The van der Waals surface area contributed by atoms with E-state index in [0.717, 1.165) is 17.1 Å². The number of nitrogens with one attached hydrogen (secondary N) is 5. The molecule has 4 heterocycles. The Hall–Kier alpha value is -8.10. The number of aliphatic hydroxyl groups excluding tert-OH is 3. The van der Waals surface area contributed by atoms with E-state index < -0.39 is 97.0 Å². The number of fused-ring (bicyclic) bond motifs is 3. The van der Waals surface area contributed by atoms with Crippen molar-refractivity contribution in [1.29, 1.82) is 0 Å². The number of methoxy groups -OCH3 is 1. The van der Waals surface area contributed by atoms with Crippen molar-refractivity contribution in [3.63, 3.8) is 0 Å². The molecule has 2 aromatic carbocycles. The molecule has 0 unspecified atom stereocenters. The number of aliphatic carboxylic acids is 1. The van der Waals surface area contributed by atoms with Crippen molar-refractivity contribution in [2.45, 2.75) is 121 Å². The van der Waals surface area contributed by atoms with Gasteiger partial charge in [-0.3, -0.25) is 39.0 Å². The molecule has 7 amide bonds. The monoisotopic (exact) mass is 1580 g/mol. The molecule has 0 aliphatic carbocycles. The number of anilines is 2. The van der Waals surface area contributed by atoms with Crippen LogP contribution in [0.2, 0.25) is 0 Å². The minimum Gasteiger partial charge on any atom is -0.479 e. The summed E-state index contributed by atoms with van der Waals surface area (Å²) in [4.78, 5) is 114. The van der Waals surface area contributed by atoms with Crippen LogP contribution in [-0.2, 0) is 124 Å². The number of unbranched alkanes of at least 4 members (excludes halogenated alkanes) is 1. The number of rotatable bonds is 61. The second-order valence-corrected chi connectivity index (χ2v) is 25.6. The molecule has 38 heteroatoms. The Morgan fingerprint density at radius 1 is 0.595 bits per heavy atom. The topological polar surface area (TPSA) is 479 Å². The Kier molecular flexibility index (Phi) is 43.2. The van der Waals surface area contributed by atoms with Gasteiger partial charge in [-0.2, -0.15) is 0 Å². The number of carboxylic acid groups (broad SMARTS) is 1. The summed E-state index contributed by atoms with van der Waals surface area (Å²) in [5, 5.41) is 66.4. The number of hydrogen-bond donors (Lipinski definition) is 10. The number of imide groups is 1. The predicted octanol–water partition coefficient (Wildman–Crippen LogP) is 0.662. The number of pyridine rings is 1. The highest BCUT2D eigenvalue weighted by molar-refractivity contribution is 6.13. The molecule has 2 aliphatic heterocycles. The van der Waals surface area contributed by atoms with E-state index >= 15 is 0 Å². The molecule has 111 heavy (non-hydrogen) atoms. The molecule has 4 aromatic rings. The second kappa shape index (κ2) is 52.3. The van der Waals surface area contributed by atoms with E-state index in [9.17, 15) is 63.9 Å². The average molecular weight is 1580 g/mol. The number of carbonyl (C=O) groups excluding carboxylic acids is 7. The van der Waals surface area contributed by atoms with Crippen molar-refractivity contribution in [3.8, 4) is 5.75 Å². The lowest BCUT2D eigenvalue weighted by molar-refractivity contribution is -0.271. The van der Waals surface area contributed by atoms with Crippen molar-refractivity contribution in [2.75, 3.05) is 196 Å². The summed E-state index contributed by atoms with van der Waals surface area (Å²) in [6.07, 6.45) is -8.86. The summed E-state index contributed by atoms with van der Waals surface area (Å²) in [5.41, 5.74) is 0.231. The van der Waals surface area contributed by atoms with Gasteiger partial charge in [0.25, 0.3) is 11.8 Å². The van der Waals surface area contributed by atoms with Crippen LogP contribution in [0.3, 0.4) is 0 Å². The molecule has 6 rings (SSSR count). The third-order valence-corrected chi connectivity index (χ3v) is 16.2. The van der Waals surface area contributed by atoms with Crippen molar-refractivity contribution in [2.24, 2.45) is 0 Å². The van der Waals surface area contributed by atoms with Gasteiger partial charge in [0.1, 0.15) is 54.7 Å². The SMILES string of the molecule is CCOCc1nc2c(NC(=O)OCc3ccc(O[C@@H]4O[C@H](C(=O)O)[C@@H](O)[C@H](O)[C@H]4O)c(NC(=O)CCNC(=O)[C@H](CCCCNC(=O)CCOCCOCCOCCOCCOCCOCCOCCOCCOCCOCCOCCOC)NC(=O)CCN4C(=O)C=CC4=O)c3)nc3ccccc3c2n1CC(C)(C)O. The van der Waals surface area contributed by atoms with Gasteiger partial charge in [0, 0.05) is 70.2 Å². The molecule has 2 aliphatic rings. The standard InChI is InChI=1S/C73H109N9O29/c1-5-97-48-56-79-62-63(82(56)49-73(2,3)95)51-10-6-7-11-52(51)78-68(62)80-72(94)109-47-50-13-14-55(110-71-66(90)64(88)65(89)67(111-71)70(92)93)54(46-50)77-58(84)17-21-75-69(91)53(76-59(85)18-22-81-60(86)15-16-61(81)87)12-8-9-20-74-57(83)19-23-98-26-27-100-30-31-102-34-35-104-38-39-106-42-43-108-45-44-107-41-40-105-37-36-103-33-32-101-29-28-99-25-24-96-4/h6-7,10-11,13-16,46,53,64-67,71,88-90,95H,5,8-9,12,17-45,47-49H2,1-4H3,(H,74,83)(H,75,91)(H,76,85)(H,77,84)(H,92,93)(H,78,80,94)/t53-,64-,65-,66+,67-,71+/m0/s1. The fraction of sp³-hybridized carbons (Fsp3) is 0.644. The van der Waals surface area contributed by atoms with Crippen LogP contribution >= 0.6 is 0 Å². The van der Waals surface area contributed by atoms with Gasteiger partial charge in [-0.25, -0.2) is 19.6 Å². The molecule has 1 saturated heterocycles. The minimum atomic E-state index is -2.05. The molecule has 6 atom stereocenters. The van der Waals surface area contributed by atoms with Crippen LogP contribution in [-0.4, -0.2) is 320 Å². The number of imidazole rings is 1. The minimum absolute atomic E-state index is 0.0327. The average Bonchev–Trinajstić information content (AvgIpc) is 1.61. The largest absolute Gasteiger partial charge is 0.479 e. The summed E-state index contributed by atoms with van der Waals surface area (Å²) < 4.78 is 89.6. The van der Waals surface area contributed by atoms with Crippen LogP contribution in [0.5, 0.6) is 5.75 Å². The highest BCUT2D eigenvalue weighted by Gasteiger charge is 2.48. The van der Waals surface area contributed by atoms with E-state index in [2.05, 4.69) is 31.6 Å². The Bertz CT molecular complexity index is 3490. The van der Waals surface area contributed by atoms with Crippen LogP contribution in [0, 0.1) is 0 Å². The number of carboxylic acids is 1. The van der Waals surface area contributed by atoms with E-state index in [1.807, 2.05) is 23.6 Å². The molecule has 0 bridgehead atoms. The summed E-state index contributed by atoms with van der Waals surface area (Å²) >= 11 is 0. The van der Waals surface area contributed by atoms with Gasteiger partial charge in [0.05, 0.1) is 181 Å². The zero-order chi connectivity index (χ0) is 80.0. The molecule has 10 N–H and O–H groups in total. The zero-order valence-electron chi connectivity index (χ0n) is 63.4. The normalized spacial score (nSPS) is 16.7. The maximum Gasteiger partial charge on any atom is 0.413 e. The van der Waals surface area contributed by atoms with Gasteiger partial charge in [-0.15, -0.1) is 0 Å². The first-order valence-corrected chi connectivity index (χ1v) is 36.9. The molecule has 0 spiro atoms. The first kappa shape index (κ1) is 91.8. The van der Waals surface area contributed by atoms with Gasteiger partial charge in [-0.1, -0.05) is 24.3 Å². The molecule has 38 nitrogen and oxygen atoms in total. The predicted molar refractivity (Wildman–Crippen MR) is 393 cm³/mol. The quantitative estimate of drug-likeness (QED) is 0.0214. The summed E-state index contributed by atoms with van der Waals surface area (Å²) in [6, 6.07) is 9.96. The molecule has 0 saturated carbocycles. The molecule has 2 aromatic heterocycles. The second-order valence-electron chi connectivity index (χ2n) is 25.6. The Labute approximate surface area is 642 Å². The van der Waals surface area contributed by atoms with Gasteiger partial charge in [-0.05, 0) is 63.8 Å². The first-order chi connectivity index (χ1) is 53.7. The maximum atomic E-state index is 13.8. The Balaban J connectivity index is 0.872. The van der Waals surface area contributed by atoms with Gasteiger partial charge < -0.3 is 127 Å². The number of benzene rings is 2. The number of hydrogen-bond acceptors (Lipinski definition) is 30. The summed E-state index contributed by atoms with van der Waals surface area (Å²) in [7, 11) is 1.63. The lowest BCUT2D eigenvalue weighted by Gasteiger charge is -2.38. The highest BCUT2D eigenvalue weighted by Crippen LogP contribution is 2.34. The molecular formula is C73H109N9O29. The number of aliphatic hydroxyl groups is 4. The van der Waals surface area contributed by atoms with Gasteiger partial charge >= 0.3 is 12.1 Å². The Morgan fingerprint density at radius 3 is 1.68 bits per heavy atom. The van der Waals surface area contributed by atoms with Crippen LogP contribution in [0.1, 0.15) is 70.7 Å². The fourth-order valence-electron chi connectivity index (χ4n) is 10.7. The van der Waals surface area contributed by atoms with Crippen LogP contribution in [0.4, 0.5) is 16.3 Å². The lowest BCUT2D eigenvalue weighted by Crippen LogP contribution is -2.61. The van der Waals surface area contributed by atoms with E-state index in [-0.39, 0.29) is 106 Å². The van der Waals surface area contributed by atoms with Crippen molar-refractivity contribution >= 4 is 80.9 Å². The van der Waals surface area contributed by atoms with Crippen molar-refractivity contribution in [3.05, 3.63) is 66.0 Å². The van der Waals surface area contributed by atoms with Crippen molar-refractivity contribution in [1.82, 2.24) is 35.4 Å². The third kappa shape index (κ3) is 34.8. The smallest absolute Gasteiger partial charge is 0.413 e. The Morgan fingerprint density at radius 2 is 1.14 bits per heavy atom. The van der Waals surface area contributed by atoms with E-state index in [4.69, 9.17) is 80.8 Å². The van der Waals surface area contributed by atoms with Crippen LogP contribution in [0.15, 0.2) is 54.6 Å². The molecule has 1 fully saturated rings. The van der Waals surface area contributed by atoms with E-state index in [1.165, 1.54) is 18.2 Å². The van der Waals surface area contributed by atoms with Crippen LogP contribution in [0.25, 0.3) is 21.9 Å². The van der Waals surface area contributed by atoms with Crippen LogP contribution < -0.4 is 31.3 Å². The highest BCUT2D eigenvalue weighted by atomic mass is 16.7. The summed E-state index contributed by atoms with van der Waals surface area (Å²) in [6.45, 7) is 14.5. The van der Waals surface area contributed by atoms with Gasteiger partial charge in [0.15, 0.2) is 11.9 Å². The first-order valence-electron chi connectivity index (χ1n) is 36.9. The number of aromatic nitrogens is 3. The third-order valence-electron chi connectivity index (χ3n) is 16.2. The number of nitrogens with zero attached hydrogens (tertiary/aromatic N) is 4. The maximum absolute atomic E-state index is 13.8. The molecule has 620 valence electrons.